The van der Waals surface area contributed by atoms with E-state index in [1.807, 2.05) is 34.6 Å². The lowest BCUT2D eigenvalue weighted by Gasteiger charge is -2.42. The van der Waals surface area contributed by atoms with E-state index in [1.165, 1.54) is 0 Å². The number of carboxylic acids is 1. The number of rotatable bonds is 2. The second-order valence-electron chi connectivity index (χ2n) is 7.02. The van der Waals surface area contributed by atoms with Crippen molar-refractivity contribution in [3.05, 3.63) is 0 Å². The van der Waals surface area contributed by atoms with Crippen LogP contribution in [0.1, 0.15) is 34.6 Å². The molecular weight excluding hydrogens is 246 g/mol. The van der Waals surface area contributed by atoms with Crippen LogP contribution in [0.4, 0.5) is 0 Å². The standard InChI is InChI=1S/C14H23NO4/c1-8-6-15(7-13(2,3)19-8)11(16)9-10(12(17)18)14(9,4)5/h8-10H,6-7H2,1-5H3,(H,17,18)/t8?,9-,10+/m1/s1. The molecule has 1 unspecified atom stereocenters. The molecule has 0 aromatic carbocycles. The maximum absolute atomic E-state index is 12.5. The molecule has 0 spiro atoms. The van der Waals surface area contributed by atoms with Crippen LogP contribution in [-0.4, -0.2) is 46.7 Å². The molecular formula is C14H23NO4. The van der Waals surface area contributed by atoms with Crippen LogP contribution < -0.4 is 0 Å². The van der Waals surface area contributed by atoms with E-state index in [9.17, 15) is 9.59 Å². The van der Waals surface area contributed by atoms with Crippen LogP contribution in [0.3, 0.4) is 0 Å². The summed E-state index contributed by atoms with van der Waals surface area (Å²) in [6, 6.07) is 0. The lowest BCUT2D eigenvalue weighted by Crippen LogP contribution is -2.54. The van der Waals surface area contributed by atoms with Gasteiger partial charge in [0.2, 0.25) is 5.91 Å². The van der Waals surface area contributed by atoms with Gasteiger partial charge in [-0.2, -0.15) is 0 Å². The molecule has 1 saturated carbocycles. The zero-order chi connectivity index (χ0) is 14.6. The quantitative estimate of drug-likeness (QED) is 0.822. The molecule has 2 rings (SSSR count). The first-order chi connectivity index (χ1) is 8.56. The van der Waals surface area contributed by atoms with Gasteiger partial charge in [-0.1, -0.05) is 13.8 Å². The van der Waals surface area contributed by atoms with Crippen molar-refractivity contribution in [1.82, 2.24) is 4.90 Å². The number of morpholine rings is 1. The Bertz CT molecular complexity index is 416. The maximum Gasteiger partial charge on any atom is 0.307 e. The first kappa shape index (κ1) is 14.3. The lowest BCUT2D eigenvalue weighted by molar-refractivity contribution is -0.160. The number of hydrogen-bond acceptors (Lipinski definition) is 3. The monoisotopic (exact) mass is 269 g/mol. The molecule has 5 nitrogen and oxygen atoms in total. The molecule has 0 aromatic heterocycles. The predicted molar refractivity (Wildman–Crippen MR) is 69.6 cm³/mol. The van der Waals surface area contributed by atoms with Crippen molar-refractivity contribution >= 4 is 11.9 Å². The molecule has 1 N–H and O–H groups in total. The van der Waals surface area contributed by atoms with Crippen molar-refractivity contribution in [1.29, 1.82) is 0 Å². The third kappa shape index (κ3) is 2.48. The highest BCUT2D eigenvalue weighted by molar-refractivity contribution is 5.91. The highest BCUT2D eigenvalue weighted by Gasteiger charge is 2.66. The fourth-order valence-electron chi connectivity index (χ4n) is 3.38. The molecule has 1 heterocycles. The molecule has 0 bridgehead atoms. The average Bonchev–Trinajstić information content (AvgIpc) is 2.77. The van der Waals surface area contributed by atoms with E-state index in [4.69, 9.17) is 9.84 Å². The minimum Gasteiger partial charge on any atom is -0.481 e. The van der Waals surface area contributed by atoms with Crippen molar-refractivity contribution in [3.63, 3.8) is 0 Å². The topological polar surface area (TPSA) is 66.8 Å². The summed E-state index contributed by atoms with van der Waals surface area (Å²) in [5.41, 5.74) is -0.806. The number of hydrogen-bond donors (Lipinski definition) is 1. The van der Waals surface area contributed by atoms with Gasteiger partial charge in [0, 0.05) is 13.1 Å². The Kier molecular flexibility index (Phi) is 3.16. The van der Waals surface area contributed by atoms with Crippen LogP contribution >= 0.6 is 0 Å². The van der Waals surface area contributed by atoms with Crippen molar-refractivity contribution in [2.75, 3.05) is 13.1 Å². The number of aliphatic carboxylic acids is 1. The highest BCUT2D eigenvalue weighted by Crippen LogP contribution is 2.59. The summed E-state index contributed by atoms with van der Waals surface area (Å²) < 4.78 is 5.77. The molecule has 2 fully saturated rings. The molecule has 108 valence electrons. The fraction of sp³-hybridized carbons (Fsp3) is 0.857. The molecule has 2 aliphatic rings. The second kappa shape index (κ2) is 4.20. The van der Waals surface area contributed by atoms with Gasteiger partial charge < -0.3 is 14.7 Å². The first-order valence-corrected chi connectivity index (χ1v) is 6.75. The number of ether oxygens (including phenoxy) is 1. The van der Waals surface area contributed by atoms with Crippen molar-refractivity contribution in [2.45, 2.75) is 46.3 Å². The minimum atomic E-state index is -0.871. The fourth-order valence-corrected chi connectivity index (χ4v) is 3.38. The summed E-state index contributed by atoms with van der Waals surface area (Å²) in [6.45, 7) is 10.6. The van der Waals surface area contributed by atoms with E-state index in [2.05, 4.69) is 0 Å². The highest BCUT2D eigenvalue weighted by atomic mass is 16.5. The molecule has 1 saturated heterocycles. The molecule has 1 amide bonds. The summed E-state index contributed by atoms with van der Waals surface area (Å²) in [6.07, 6.45) is -0.0159. The van der Waals surface area contributed by atoms with E-state index < -0.39 is 23.2 Å². The summed E-state index contributed by atoms with van der Waals surface area (Å²) >= 11 is 0. The van der Waals surface area contributed by atoms with Gasteiger partial charge in [0.25, 0.3) is 0 Å². The third-order valence-electron chi connectivity index (χ3n) is 4.24. The van der Waals surface area contributed by atoms with Gasteiger partial charge >= 0.3 is 5.97 Å². The summed E-state index contributed by atoms with van der Waals surface area (Å²) in [5.74, 6) is -1.86. The number of carbonyl (C=O) groups is 2. The molecule has 19 heavy (non-hydrogen) atoms. The van der Waals surface area contributed by atoms with Crippen molar-refractivity contribution < 1.29 is 19.4 Å². The van der Waals surface area contributed by atoms with E-state index >= 15 is 0 Å². The first-order valence-electron chi connectivity index (χ1n) is 6.75. The number of nitrogens with zero attached hydrogens (tertiary/aromatic N) is 1. The molecule has 1 aliphatic heterocycles. The number of amides is 1. The molecule has 5 heteroatoms. The second-order valence-corrected chi connectivity index (χ2v) is 7.02. The molecule has 0 aromatic rings. The SMILES string of the molecule is CC1CN(C(=O)[C@H]2[C@@H](C(=O)O)C2(C)C)CC(C)(C)O1. The van der Waals surface area contributed by atoms with Gasteiger partial charge in [-0.25, -0.2) is 0 Å². The number of carboxylic acid groups (broad SMARTS) is 1. The van der Waals surface area contributed by atoms with Crippen LogP contribution in [0.15, 0.2) is 0 Å². The summed E-state index contributed by atoms with van der Waals surface area (Å²) in [5, 5.41) is 9.17. The smallest absolute Gasteiger partial charge is 0.307 e. The molecule has 1 aliphatic carbocycles. The third-order valence-corrected chi connectivity index (χ3v) is 4.24. The van der Waals surface area contributed by atoms with E-state index in [1.54, 1.807) is 4.90 Å². The predicted octanol–water partition coefficient (Wildman–Crippen LogP) is 1.37. The zero-order valence-electron chi connectivity index (χ0n) is 12.3. The van der Waals surface area contributed by atoms with Gasteiger partial charge in [0.05, 0.1) is 23.5 Å². The van der Waals surface area contributed by atoms with Crippen LogP contribution in [0.2, 0.25) is 0 Å². The van der Waals surface area contributed by atoms with E-state index in [-0.39, 0.29) is 17.6 Å². The Morgan fingerprint density at radius 1 is 1.21 bits per heavy atom. The minimum absolute atomic E-state index is 0.0159. The zero-order valence-corrected chi connectivity index (χ0v) is 12.3. The van der Waals surface area contributed by atoms with Crippen LogP contribution in [0.5, 0.6) is 0 Å². The Morgan fingerprint density at radius 2 is 1.79 bits per heavy atom. The Balaban J connectivity index is 2.11. The molecule has 3 atom stereocenters. The average molecular weight is 269 g/mol. The van der Waals surface area contributed by atoms with Gasteiger partial charge in [0.1, 0.15) is 0 Å². The normalized spacial score (nSPS) is 35.8. The summed E-state index contributed by atoms with van der Waals surface area (Å²) in [7, 11) is 0. The van der Waals surface area contributed by atoms with Gasteiger partial charge in [-0.3, -0.25) is 9.59 Å². The van der Waals surface area contributed by atoms with Crippen molar-refractivity contribution in [2.24, 2.45) is 17.3 Å². The Morgan fingerprint density at radius 3 is 2.21 bits per heavy atom. The lowest BCUT2D eigenvalue weighted by atomic mass is 10.0. The molecule has 0 radical (unpaired) electrons. The summed E-state index contributed by atoms with van der Waals surface area (Å²) in [4.78, 5) is 25.5. The maximum atomic E-state index is 12.5. The van der Waals surface area contributed by atoms with E-state index in [0.717, 1.165) is 0 Å². The van der Waals surface area contributed by atoms with Crippen LogP contribution in [0, 0.1) is 17.3 Å². The van der Waals surface area contributed by atoms with E-state index in [0.29, 0.717) is 13.1 Å². The Labute approximate surface area is 113 Å². The van der Waals surface area contributed by atoms with Gasteiger partial charge in [-0.05, 0) is 26.2 Å². The number of carbonyl (C=O) groups excluding carboxylic acids is 1. The van der Waals surface area contributed by atoms with Crippen LogP contribution in [0.25, 0.3) is 0 Å². The van der Waals surface area contributed by atoms with Crippen molar-refractivity contribution in [3.8, 4) is 0 Å². The van der Waals surface area contributed by atoms with Crippen LogP contribution in [-0.2, 0) is 14.3 Å². The van der Waals surface area contributed by atoms with Gasteiger partial charge in [-0.15, -0.1) is 0 Å². The largest absolute Gasteiger partial charge is 0.481 e. The van der Waals surface area contributed by atoms with Gasteiger partial charge in [0.15, 0.2) is 0 Å². The Hall–Kier alpha value is -1.10.